The number of benzene rings is 2. The van der Waals surface area contributed by atoms with E-state index >= 15 is 0 Å². The minimum absolute atomic E-state index is 0.0722. The first-order chi connectivity index (χ1) is 16.7. The number of aryl methyl sites for hydroxylation is 2. The topological polar surface area (TPSA) is 64.0 Å². The zero-order valence-corrected chi connectivity index (χ0v) is 19.0. The Morgan fingerprint density at radius 1 is 1.08 bits per heavy atom. The molecule has 1 heterocycles. The number of rotatable bonds is 6. The summed E-state index contributed by atoms with van der Waals surface area (Å²) in [5.41, 5.74) is -0.380. The van der Waals surface area contributed by atoms with Crippen LogP contribution in [0.25, 0.3) is 16.8 Å². The van der Waals surface area contributed by atoms with Crippen LogP contribution in [0.2, 0.25) is 0 Å². The lowest BCUT2D eigenvalue weighted by molar-refractivity contribution is -0.139. The van der Waals surface area contributed by atoms with Crippen LogP contribution in [0, 0.1) is 19.7 Å². The number of carbonyl (C=O) groups is 1. The van der Waals surface area contributed by atoms with Crippen LogP contribution in [-0.4, -0.2) is 34.6 Å². The molecule has 0 radical (unpaired) electrons. The molecular formula is C24H20F7N3O2. The molecule has 0 saturated carbocycles. The van der Waals surface area contributed by atoms with Crippen LogP contribution in [-0.2, 0) is 11.3 Å². The molecule has 0 aliphatic heterocycles. The molecule has 5 nitrogen and oxygen atoms in total. The number of allylic oxidation sites excluding steroid dienone is 1. The monoisotopic (exact) mass is 515 g/mol. The molecule has 0 saturated heterocycles. The molecule has 36 heavy (non-hydrogen) atoms. The van der Waals surface area contributed by atoms with Gasteiger partial charge in [-0.2, -0.15) is 31.4 Å². The summed E-state index contributed by atoms with van der Waals surface area (Å²) in [5.74, 6) is -3.65. The van der Waals surface area contributed by atoms with Crippen LogP contribution in [0.3, 0.4) is 0 Å². The average molecular weight is 515 g/mol. The normalized spacial score (nSPS) is 13.4. The molecule has 1 unspecified atom stereocenters. The van der Waals surface area contributed by atoms with E-state index in [-0.39, 0.29) is 27.5 Å². The zero-order valence-electron chi connectivity index (χ0n) is 19.0. The number of aromatic nitrogens is 2. The average Bonchev–Trinajstić information content (AvgIpc) is 2.76. The highest BCUT2D eigenvalue weighted by molar-refractivity contribution is 5.83. The van der Waals surface area contributed by atoms with Gasteiger partial charge in [0, 0.05) is 5.39 Å². The Balaban J connectivity index is 1.87. The fraction of sp³-hybridized carbons (Fsp3) is 0.292. The van der Waals surface area contributed by atoms with E-state index in [4.69, 9.17) is 0 Å². The van der Waals surface area contributed by atoms with Gasteiger partial charge < -0.3 is 5.32 Å². The number of halogens is 7. The number of fused-ring (bicyclic) bond motifs is 1. The Kier molecular flexibility index (Phi) is 7.56. The van der Waals surface area contributed by atoms with Crippen molar-refractivity contribution in [1.82, 2.24) is 15.1 Å². The Morgan fingerprint density at radius 3 is 2.31 bits per heavy atom. The molecule has 1 aromatic heterocycles. The molecule has 1 amide bonds. The number of amides is 1. The van der Waals surface area contributed by atoms with Gasteiger partial charge in [-0.05, 0) is 48.2 Å². The molecular weight excluding hydrogens is 495 g/mol. The molecule has 0 bridgehead atoms. The number of carbonyl (C=O) groups excluding carboxylic acids is 1. The highest BCUT2D eigenvalue weighted by Crippen LogP contribution is 2.37. The Hall–Kier alpha value is -3.70. The van der Waals surface area contributed by atoms with E-state index in [1.807, 2.05) is 0 Å². The highest BCUT2D eigenvalue weighted by atomic mass is 19.4. The van der Waals surface area contributed by atoms with E-state index < -0.39 is 48.6 Å². The van der Waals surface area contributed by atoms with Gasteiger partial charge in [-0.15, -0.1) is 0 Å². The second-order valence-electron chi connectivity index (χ2n) is 8.19. The van der Waals surface area contributed by atoms with Gasteiger partial charge in [-0.3, -0.25) is 9.59 Å². The van der Waals surface area contributed by atoms with E-state index in [1.54, 1.807) is 5.32 Å². The highest BCUT2D eigenvalue weighted by Gasteiger charge is 2.39. The summed E-state index contributed by atoms with van der Waals surface area (Å²) in [6, 6.07) is 6.38. The Bertz CT molecular complexity index is 1350. The van der Waals surface area contributed by atoms with Gasteiger partial charge in [0.15, 0.2) is 0 Å². The van der Waals surface area contributed by atoms with Gasteiger partial charge in [0.25, 0.3) is 5.56 Å². The Morgan fingerprint density at radius 2 is 1.72 bits per heavy atom. The predicted molar refractivity (Wildman–Crippen MR) is 119 cm³/mol. The maximum atomic E-state index is 13.9. The molecule has 0 spiro atoms. The first-order valence-electron chi connectivity index (χ1n) is 10.5. The van der Waals surface area contributed by atoms with Crippen molar-refractivity contribution in [1.29, 1.82) is 0 Å². The maximum absolute atomic E-state index is 13.9. The standard InChI is InChI=1S/C24H20F7N3O2/c1-13-7-16(8-14(2)21(13)25)19(24(29,30)31)6-4-15-3-5-18-17(9-15)10-33-34(22(18)36)11-20(35)32-12-23(26,27)28/h3-10,19H,11-12H2,1-2H3,(H,32,35)/b6-4+. The van der Waals surface area contributed by atoms with Gasteiger partial charge in [0.2, 0.25) is 5.91 Å². The van der Waals surface area contributed by atoms with Crippen molar-refractivity contribution in [3.05, 3.63) is 81.0 Å². The third kappa shape index (κ3) is 6.49. The first-order valence-corrected chi connectivity index (χ1v) is 10.5. The minimum atomic E-state index is -4.65. The van der Waals surface area contributed by atoms with Crippen molar-refractivity contribution in [3.63, 3.8) is 0 Å². The van der Waals surface area contributed by atoms with Crippen molar-refractivity contribution in [3.8, 4) is 0 Å². The van der Waals surface area contributed by atoms with Gasteiger partial charge in [-0.1, -0.05) is 30.4 Å². The third-order valence-corrected chi connectivity index (χ3v) is 5.31. The maximum Gasteiger partial charge on any atom is 0.405 e. The lowest BCUT2D eigenvalue weighted by Crippen LogP contribution is -2.38. The van der Waals surface area contributed by atoms with Crippen molar-refractivity contribution < 1.29 is 35.5 Å². The van der Waals surface area contributed by atoms with Crippen LogP contribution in [0.1, 0.15) is 28.2 Å². The number of nitrogens with zero attached hydrogens (tertiary/aromatic N) is 2. The lowest BCUT2D eigenvalue weighted by Gasteiger charge is -2.19. The molecule has 3 rings (SSSR count). The smallest absolute Gasteiger partial charge is 0.345 e. The largest absolute Gasteiger partial charge is 0.405 e. The van der Waals surface area contributed by atoms with E-state index in [0.29, 0.717) is 10.2 Å². The number of hydrogen-bond donors (Lipinski definition) is 1. The van der Waals surface area contributed by atoms with Crippen LogP contribution >= 0.6 is 0 Å². The fourth-order valence-corrected chi connectivity index (χ4v) is 3.59. The van der Waals surface area contributed by atoms with E-state index in [1.165, 1.54) is 44.3 Å². The first kappa shape index (κ1) is 26.9. The van der Waals surface area contributed by atoms with Crippen molar-refractivity contribution in [2.75, 3.05) is 6.54 Å². The van der Waals surface area contributed by atoms with Crippen molar-refractivity contribution in [2.24, 2.45) is 0 Å². The molecule has 1 atom stereocenters. The molecule has 0 fully saturated rings. The van der Waals surface area contributed by atoms with Crippen LogP contribution < -0.4 is 10.9 Å². The minimum Gasteiger partial charge on any atom is -0.345 e. The van der Waals surface area contributed by atoms with Crippen LogP contribution in [0.5, 0.6) is 0 Å². The van der Waals surface area contributed by atoms with E-state index in [2.05, 4.69) is 5.10 Å². The molecule has 1 N–H and O–H groups in total. The second kappa shape index (κ2) is 10.1. The molecule has 0 aliphatic carbocycles. The number of nitrogens with one attached hydrogen (secondary N) is 1. The van der Waals surface area contributed by atoms with Gasteiger partial charge in [0.05, 0.1) is 17.5 Å². The van der Waals surface area contributed by atoms with Crippen LogP contribution in [0.15, 0.2) is 47.4 Å². The zero-order chi connectivity index (χ0) is 26.8. The summed E-state index contributed by atoms with van der Waals surface area (Å²) in [6.07, 6.45) is -5.94. The van der Waals surface area contributed by atoms with Gasteiger partial charge in [0.1, 0.15) is 18.9 Å². The van der Waals surface area contributed by atoms with Gasteiger partial charge in [-0.25, -0.2) is 9.07 Å². The molecule has 12 heteroatoms. The summed E-state index contributed by atoms with van der Waals surface area (Å²) in [4.78, 5) is 24.2. The lowest BCUT2D eigenvalue weighted by atomic mass is 9.93. The van der Waals surface area contributed by atoms with E-state index in [9.17, 15) is 40.3 Å². The summed E-state index contributed by atoms with van der Waals surface area (Å²) < 4.78 is 92.5. The predicted octanol–water partition coefficient (Wildman–Crippen LogP) is 5.19. The SMILES string of the molecule is Cc1cc(C(/C=C/c2ccc3c(=O)n(CC(=O)NCC(F)(F)F)ncc3c2)C(F)(F)F)cc(C)c1F. The number of alkyl halides is 6. The van der Waals surface area contributed by atoms with Crippen molar-refractivity contribution >= 4 is 22.8 Å². The third-order valence-electron chi connectivity index (χ3n) is 5.31. The van der Waals surface area contributed by atoms with E-state index in [0.717, 1.165) is 18.2 Å². The molecule has 192 valence electrons. The van der Waals surface area contributed by atoms with Crippen LogP contribution in [0.4, 0.5) is 30.7 Å². The second-order valence-corrected chi connectivity index (χ2v) is 8.19. The summed E-state index contributed by atoms with van der Waals surface area (Å²) in [5, 5.41) is 5.72. The fourth-order valence-electron chi connectivity index (χ4n) is 3.59. The Labute approximate surface area is 200 Å². The molecule has 2 aromatic carbocycles. The van der Waals surface area contributed by atoms with Gasteiger partial charge >= 0.3 is 12.4 Å². The quantitative estimate of drug-likeness (QED) is 0.460. The summed E-state index contributed by atoms with van der Waals surface area (Å²) in [6.45, 7) is 0.466. The molecule has 0 aliphatic rings. The number of hydrogen-bond acceptors (Lipinski definition) is 3. The summed E-state index contributed by atoms with van der Waals surface area (Å²) in [7, 11) is 0. The van der Waals surface area contributed by atoms with Crippen molar-refractivity contribution in [2.45, 2.75) is 38.7 Å². The summed E-state index contributed by atoms with van der Waals surface area (Å²) >= 11 is 0. The molecule has 3 aromatic rings.